The highest BCUT2D eigenvalue weighted by molar-refractivity contribution is 9.10. The Bertz CT molecular complexity index is 1080. The number of hydrogen-bond acceptors (Lipinski definition) is 6. The number of amidine groups is 1. The number of carbonyl (C=O) groups excluding carboxylic acids is 1. The summed E-state index contributed by atoms with van der Waals surface area (Å²) in [7, 11) is 0. The van der Waals surface area contributed by atoms with Gasteiger partial charge in [-0.15, -0.1) is 0 Å². The summed E-state index contributed by atoms with van der Waals surface area (Å²) in [4.78, 5) is 40.7. The lowest BCUT2D eigenvalue weighted by Gasteiger charge is -2.12. The molecule has 1 fully saturated rings. The van der Waals surface area contributed by atoms with Crippen molar-refractivity contribution in [3.05, 3.63) is 73.1 Å². The Morgan fingerprint density at radius 2 is 2.10 bits per heavy atom. The molecule has 3 rings (SSSR count). The standard InChI is InChI=1S/C19H14BrN3O5S/c1-2-22-17(24)16(9-11-6-7-14(20)15(8-11)23(27)28)29-19(22)21-13-5-3-4-12(10-13)18(25)26/h3-10H,2H2,1H3,(H,25,26). The smallest absolute Gasteiger partial charge is 0.335 e. The second-order valence-corrected chi connectivity index (χ2v) is 7.74. The normalized spacial score (nSPS) is 16.6. The van der Waals surface area contributed by atoms with Crippen LogP contribution in [0.25, 0.3) is 6.08 Å². The predicted octanol–water partition coefficient (Wildman–Crippen LogP) is 4.68. The van der Waals surface area contributed by atoms with Crippen LogP contribution < -0.4 is 0 Å². The van der Waals surface area contributed by atoms with Gasteiger partial charge in [-0.05, 0) is 70.5 Å². The number of likely N-dealkylation sites (N-methyl/N-ethyl adjacent to an activating group) is 1. The number of halogens is 1. The number of rotatable bonds is 5. The minimum Gasteiger partial charge on any atom is -0.478 e. The van der Waals surface area contributed by atoms with E-state index < -0.39 is 10.9 Å². The highest BCUT2D eigenvalue weighted by Crippen LogP contribution is 2.35. The molecule has 0 unspecified atom stereocenters. The van der Waals surface area contributed by atoms with Crippen LogP contribution in [0.1, 0.15) is 22.8 Å². The van der Waals surface area contributed by atoms with Crippen molar-refractivity contribution < 1.29 is 19.6 Å². The van der Waals surface area contributed by atoms with E-state index in [1.807, 2.05) is 0 Å². The van der Waals surface area contributed by atoms with Crippen LogP contribution in [0.3, 0.4) is 0 Å². The molecule has 10 heteroatoms. The third-order valence-electron chi connectivity index (χ3n) is 3.99. The summed E-state index contributed by atoms with van der Waals surface area (Å²) in [5.41, 5.74) is 0.934. The summed E-state index contributed by atoms with van der Waals surface area (Å²) in [5, 5.41) is 20.7. The summed E-state index contributed by atoms with van der Waals surface area (Å²) in [5.74, 6) is -1.33. The Morgan fingerprint density at radius 3 is 2.76 bits per heavy atom. The molecule has 0 saturated carbocycles. The van der Waals surface area contributed by atoms with Gasteiger partial charge in [-0.1, -0.05) is 12.1 Å². The zero-order valence-corrected chi connectivity index (χ0v) is 17.4. The van der Waals surface area contributed by atoms with Crippen molar-refractivity contribution in [3.63, 3.8) is 0 Å². The number of thioether (sulfide) groups is 1. The van der Waals surface area contributed by atoms with Crippen LogP contribution in [0.5, 0.6) is 0 Å². The second-order valence-electron chi connectivity index (χ2n) is 5.88. The number of amides is 1. The van der Waals surface area contributed by atoms with Gasteiger partial charge in [0, 0.05) is 12.6 Å². The molecule has 1 saturated heterocycles. The van der Waals surface area contributed by atoms with E-state index in [1.54, 1.807) is 37.3 Å². The number of carboxylic acids is 1. The fourth-order valence-corrected chi connectivity index (χ4v) is 4.05. The number of hydrogen-bond donors (Lipinski definition) is 1. The van der Waals surface area contributed by atoms with Crippen LogP contribution >= 0.6 is 27.7 Å². The van der Waals surface area contributed by atoms with Gasteiger partial charge >= 0.3 is 5.97 Å². The molecule has 1 aliphatic rings. The molecule has 1 aliphatic heterocycles. The van der Waals surface area contributed by atoms with Gasteiger partial charge in [-0.2, -0.15) is 0 Å². The van der Waals surface area contributed by atoms with Crippen molar-refractivity contribution in [1.82, 2.24) is 4.90 Å². The predicted molar refractivity (Wildman–Crippen MR) is 114 cm³/mol. The first-order chi connectivity index (χ1) is 13.8. The van der Waals surface area contributed by atoms with E-state index in [1.165, 1.54) is 23.1 Å². The van der Waals surface area contributed by atoms with E-state index >= 15 is 0 Å². The summed E-state index contributed by atoms with van der Waals surface area (Å²) >= 11 is 4.27. The van der Waals surface area contributed by atoms with Gasteiger partial charge in [-0.25, -0.2) is 9.79 Å². The van der Waals surface area contributed by atoms with E-state index in [0.717, 1.165) is 11.8 Å². The lowest BCUT2D eigenvalue weighted by Crippen LogP contribution is -2.28. The maximum atomic E-state index is 12.7. The first-order valence-electron chi connectivity index (χ1n) is 8.37. The Labute approximate surface area is 178 Å². The van der Waals surface area contributed by atoms with Crippen molar-refractivity contribution in [3.8, 4) is 0 Å². The highest BCUT2D eigenvalue weighted by Gasteiger charge is 2.32. The maximum Gasteiger partial charge on any atom is 0.335 e. The van der Waals surface area contributed by atoms with Gasteiger partial charge in [-0.3, -0.25) is 19.8 Å². The van der Waals surface area contributed by atoms with Gasteiger partial charge in [0.15, 0.2) is 5.17 Å². The Morgan fingerprint density at radius 1 is 1.34 bits per heavy atom. The molecule has 2 aromatic rings. The molecule has 1 heterocycles. The lowest BCUT2D eigenvalue weighted by molar-refractivity contribution is -0.385. The lowest BCUT2D eigenvalue weighted by atomic mass is 10.2. The number of nitro groups is 1. The Balaban J connectivity index is 1.96. The van der Waals surface area contributed by atoms with Crippen LogP contribution in [0.15, 0.2) is 56.8 Å². The zero-order valence-electron chi connectivity index (χ0n) is 15.0. The van der Waals surface area contributed by atoms with E-state index in [2.05, 4.69) is 20.9 Å². The molecule has 0 aromatic heterocycles. The Hall–Kier alpha value is -2.98. The minimum absolute atomic E-state index is 0.0958. The summed E-state index contributed by atoms with van der Waals surface area (Å²) in [6.07, 6.45) is 1.57. The average Bonchev–Trinajstić information content (AvgIpc) is 2.97. The molecule has 1 amide bonds. The Kier molecular flexibility index (Phi) is 6.14. The third-order valence-corrected chi connectivity index (χ3v) is 5.66. The van der Waals surface area contributed by atoms with Crippen molar-refractivity contribution in [2.45, 2.75) is 6.92 Å². The molecular weight excluding hydrogens is 462 g/mol. The summed E-state index contributed by atoms with van der Waals surface area (Å²) in [6, 6.07) is 10.7. The molecule has 0 aliphatic carbocycles. The van der Waals surface area contributed by atoms with Crippen molar-refractivity contribution >= 4 is 62.2 Å². The van der Waals surface area contributed by atoms with E-state index in [0.29, 0.717) is 32.3 Å². The number of nitrogens with zero attached hydrogens (tertiary/aromatic N) is 3. The maximum absolute atomic E-state index is 12.7. The quantitative estimate of drug-likeness (QED) is 0.381. The molecule has 0 bridgehead atoms. The topological polar surface area (TPSA) is 113 Å². The first-order valence-corrected chi connectivity index (χ1v) is 9.98. The number of benzene rings is 2. The number of aromatic carboxylic acids is 1. The molecule has 0 spiro atoms. The second kappa shape index (κ2) is 8.58. The third kappa shape index (κ3) is 4.54. The van der Waals surface area contributed by atoms with Crippen molar-refractivity contribution in [2.24, 2.45) is 4.99 Å². The average molecular weight is 476 g/mol. The fraction of sp³-hybridized carbons (Fsp3) is 0.105. The number of carbonyl (C=O) groups is 2. The van der Waals surface area contributed by atoms with Crippen LogP contribution in [0, 0.1) is 10.1 Å². The van der Waals surface area contributed by atoms with Crippen LogP contribution in [0.4, 0.5) is 11.4 Å². The van der Waals surface area contributed by atoms with E-state index in [9.17, 15) is 19.7 Å². The molecule has 29 heavy (non-hydrogen) atoms. The van der Waals surface area contributed by atoms with Crippen LogP contribution in [-0.2, 0) is 4.79 Å². The number of carboxylic acid groups (broad SMARTS) is 1. The molecule has 148 valence electrons. The van der Waals surface area contributed by atoms with Crippen LogP contribution in [0.2, 0.25) is 0 Å². The molecule has 8 nitrogen and oxygen atoms in total. The highest BCUT2D eigenvalue weighted by atomic mass is 79.9. The van der Waals surface area contributed by atoms with Gasteiger partial charge < -0.3 is 5.11 Å². The molecular formula is C19H14BrN3O5S. The van der Waals surface area contributed by atoms with Gasteiger partial charge in [0.2, 0.25) is 0 Å². The van der Waals surface area contributed by atoms with Gasteiger partial charge in [0.25, 0.3) is 11.6 Å². The molecule has 0 radical (unpaired) electrons. The largest absolute Gasteiger partial charge is 0.478 e. The monoisotopic (exact) mass is 475 g/mol. The summed E-state index contributed by atoms with van der Waals surface area (Å²) < 4.78 is 0.353. The van der Waals surface area contributed by atoms with E-state index in [4.69, 9.17) is 5.11 Å². The molecule has 0 atom stereocenters. The van der Waals surface area contributed by atoms with Crippen molar-refractivity contribution in [1.29, 1.82) is 0 Å². The summed E-state index contributed by atoms with van der Waals surface area (Å²) in [6.45, 7) is 2.18. The first kappa shape index (κ1) is 20.7. The number of nitro benzene ring substituents is 1. The minimum atomic E-state index is -1.06. The van der Waals surface area contributed by atoms with Gasteiger partial charge in [0.05, 0.1) is 25.6 Å². The fourth-order valence-electron chi connectivity index (χ4n) is 2.60. The van der Waals surface area contributed by atoms with E-state index in [-0.39, 0.29) is 17.2 Å². The van der Waals surface area contributed by atoms with Crippen molar-refractivity contribution in [2.75, 3.05) is 6.54 Å². The van der Waals surface area contributed by atoms with Gasteiger partial charge in [0.1, 0.15) is 0 Å². The SMILES string of the molecule is CCN1C(=O)C(=Cc2ccc(Br)c([N+](=O)[O-])c2)SC1=Nc1cccc(C(=O)O)c1. The number of aliphatic imine (C=N–C) groups is 1. The molecule has 2 aromatic carbocycles. The molecule has 1 N–H and O–H groups in total. The zero-order chi connectivity index (χ0) is 21.1. The van der Waals surface area contributed by atoms with Crippen LogP contribution in [-0.4, -0.2) is 38.5 Å².